The van der Waals surface area contributed by atoms with Crippen molar-refractivity contribution in [3.8, 4) is 0 Å². The zero-order valence-corrected chi connectivity index (χ0v) is 15.0. The molecule has 0 atom stereocenters. The third-order valence-electron chi connectivity index (χ3n) is 3.90. The van der Waals surface area contributed by atoms with E-state index in [-0.39, 0.29) is 12.0 Å². The monoisotopic (exact) mass is 422 g/mol. The Morgan fingerprint density at radius 2 is 1.71 bits per heavy atom. The number of carbonyl (C=O) groups is 1. The Balaban J connectivity index is 2.47. The molecular formula is C19H13ClF6O2. The maximum Gasteiger partial charge on any atom is 0.416 e. The Kier molecular flexibility index (Phi) is 6.13. The summed E-state index contributed by atoms with van der Waals surface area (Å²) in [6, 6.07) is 5.77. The quantitative estimate of drug-likeness (QED) is 0.567. The van der Waals surface area contributed by atoms with Gasteiger partial charge in [0.2, 0.25) is 0 Å². The van der Waals surface area contributed by atoms with E-state index in [1.807, 2.05) is 0 Å². The minimum absolute atomic E-state index is 0.00781. The van der Waals surface area contributed by atoms with Crippen molar-refractivity contribution in [1.29, 1.82) is 0 Å². The molecule has 2 aromatic carbocycles. The Morgan fingerprint density at radius 3 is 2.21 bits per heavy atom. The van der Waals surface area contributed by atoms with Crippen molar-refractivity contribution in [1.82, 2.24) is 0 Å². The summed E-state index contributed by atoms with van der Waals surface area (Å²) in [5.74, 6) is -1.17. The molecule has 0 saturated carbocycles. The van der Waals surface area contributed by atoms with Crippen LogP contribution in [0.15, 0.2) is 42.5 Å². The number of aryl methyl sites for hydroxylation is 1. The van der Waals surface area contributed by atoms with Gasteiger partial charge in [-0.3, -0.25) is 0 Å². The van der Waals surface area contributed by atoms with Gasteiger partial charge in [0, 0.05) is 5.02 Å². The van der Waals surface area contributed by atoms with Gasteiger partial charge in [-0.1, -0.05) is 29.8 Å². The molecule has 2 nitrogen and oxygen atoms in total. The molecule has 0 heterocycles. The van der Waals surface area contributed by atoms with E-state index in [1.165, 1.54) is 25.1 Å². The fourth-order valence-corrected chi connectivity index (χ4v) is 2.85. The Labute approximate surface area is 161 Å². The molecule has 0 aliphatic carbocycles. The highest BCUT2D eigenvalue weighted by molar-refractivity contribution is 6.30. The molecule has 150 valence electrons. The second-order valence-corrected chi connectivity index (χ2v) is 6.44. The predicted molar refractivity (Wildman–Crippen MR) is 92.3 cm³/mol. The molecule has 0 fully saturated rings. The Hall–Kier alpha value is -2.48. The van der Waals surface area contributed by atoms with Crippen molar-refractivity contribution in [2.45, 2.75) is 25.7 Å². The molecule has 2 aromatic rings. The van der Waals surface area contributed by atoms with Crippen LogP contribution in [0, 0.1) is 6.92 Å². The first-order valence-corrected chi connectivity index (χ1v) is 8.15. The number of carboxylic acids is 1. The highest BCUT2D eigenvalue weighted by Gasteiger charge is 2.37. The fourth-order valence-electron chi connectivity index (χ4n) is 2.62. The molecule has 0 spiro atoms. The van der Waals surface area contributed by atoms with Gasteiger partial charge >= 0.3 is 18.3 Å². The summed E-state index contributed by atoms with van der Waals surface area (Å²) in [7, 11) is 0. The molecule has 0 saturated heterocycles. The molecule has 0 aromatic heterocycles. The number of hydrogen-bond donors (Lipinski definition) is 1. The van der Waals surface area contributed by atoms with Crippen molar-refractivity contribution >= 4 is 23.1 Å². The Bertz CT molecular complexity index is 929. The maximum absolute atomic E-state index is 13.4. The molecule has 0 radical (unpaired) electrons. The van der Waals surface area contributed by atoms with Crippen molar-refractivity contribution in [2.75, 3.05) is 0 Å². The Morgan fingerprint density at radius 1 is 1.07 bits per heavy atom. The van der Waals surface area contributed by atoms with Gasteiger partial charge in [-0.2, -0.15) is 26.3 Å². The molecule has 0 bridgehead atoms. The van der Waals surface area contributed by atoms with E-state index in [0.717, 1.165) is 12.1 Å². The summed E-state index contributed by atoms with van der Waals surface area (Å²) in [5.41, 5.74) is -2.51. The van der Waals surface area contributed by atoms with Crippen molar-refractivity contribution < 1.29 is 36.2 Å². The minimum Gasteiger partial charge on any atom is -0.478 e. The predicted octanol–water partition coefficient (Wildman–Crippen LogP) is 6.55. The number of hydrogen-bond acceptors (Lipinski definition) is 1. The summed E-state index contributed by atoms with van der Waals surface area (Å²) in [5, 5.41) is 8.51. The van der Waals surface area contributed by atoms with Crippen LogP contribution >= 0.6 is 11.6 Å². The second-order valence-electron chi connectivity index (χ2n) is 6.00. The maximum atomic E-state index is 13.4. The van der Waals surface area contributed by atoms with Crippen LogP contribution in [0.2, 0.25) is 5.02 Å². The van der Waals surface area contributed by atoms with Gasteiger partial charge in [-0.25, -0.2) is 4.79 Å². The van der Waals surface area contributed by atoms with Crippen LogP contribution in [-0.4, -0.2) is 17.3 Å². The first kappa shape index (κ1) is 21.8. The van der Waals surface area contributed by atoms with Crippen LogP contribution in [0.3, 0.4) is 0 Å². The standard InChI is InChI=1S/C19H13ClF6O2/c1-10-6-11(2-4-15(10)17(27)28)3-5-16(19(24,25)26)12-7-13(18(21,22)23)9-14(20)8-12/h2,4-9H,3H2,1H3,(H,27,28). The van der Waals surface area contributed by atoms with E-state index >= 15 is 0 Å². The number of carboxylic acid groups (broad SMARTS) is 1. The zero-order valence-electron chi connectivity index (χ0n) is 14.2. The summed E-state index contributed by atoms with van der Waals surface area (Å²) in [6.07, 6.45) is -9.27. The summed E-state index contributed by atoms with van der Waals surface area (Å²) in [6.45, 7) is 1.49. The van der Waals surface area contributed by atoms with E-state index in [4.69, 9.17) is 16.7 Å². The van der Waals surface area contributed by atoms with Crippen LogP contribution in [0.1, 0.15) is 32.6 Å². The summed E-state index contributed by atoms with van der Waals surface area (Å²) in [4.78, 5) is 11.0. The van der Waals surface area contributed by atoms with E-state index in [2.05, 4.69) is 0 Å². The lowest BCUT2D eigenvalue weighted by Gasteiger charge is -2.15. The van der Waals surface area contributed by atoms with Crippen LogP contribution < -0.4 is 0 Å². The molecule has 9 heteroatoms. The number of halogens is 7. The van der Waals surface area contributed by atoms with Crippen LogP contribution in [0.5, 0.6) is 0 Å². The van der Waals surface area contributed by atoms with E-state index in [9.17, 15) is 31.1 Å². The third kappa shape index (κ3) is 5.28. The van der Waals surface area contributed by atoms with E-state index in [1.54, 1.807) is 0 Å². The van der Waals surface area contributed by atoms with Crippen LogP contribution in [0.25, 0.3) is 5.57 Å². The van der Waals surface area contributed by atoms with Gasteiger partial charge < -0.3 is 5.11 Å². The lowest BCUT2D eigenvalue weighted by atomic mass is 9.98. The highest BCUT2D eigenvalue weighted by Crippen LogP contribution is 2.39. The molecule has 2 rings (SSSR count). The lowest BCUT2D eigenvalue weighted by molar-refractivity contribution is -0.137. The number of allylic oxidation sites excluding steroid dienone is 2. The summed E-state index contributed by atoms with van der Waals surface area (Å²) < 4.78 is 79.0. The number of rotatable bonds is 4. The fraction of sp³-hybridized carbons (Fsp3) is 0.211. The zero-order chi connectivity index (χ0) is 21.3. The van der Waals surface area contributed by atoms with Gasteiger partial charge in [-0.15, -0.1) is 0 Å². The first-order valence-electron chi connectivity index (χ1n) is 7.77. The SMILES string of the molecule is Cc1cc(CC=C(c2cc(Cl)cc(C(F)(F)F)c2)C(F)(F)F)ccc1C(=O)O. The van der Waals surface area contributed by atoms with E-state index < -0.39 is 40.0 Å². The van der Waals surface area contributed by atoms with Crippen LogP contribution in [0.4, 0.5) is 26.3 Å². The first-order chi connectivity index (χ1) is 12.8. The molecular weight excluding hydrogens is 410 g/mol. The van der Waals surface area contributed by atoms with Crippen molar-refractivity contribution in [3.63, 3.8) is 0 Å². The molecule has 0 aliphatic rings. The average Bonchev–Trinajstić information content (AvgIpc) is 2.52. The second kappa shape index (κ2) is 7.87. The summed E-state index contributed by atoms with van der Waals surface area (Å²) >= 11 is 5.59. The van der Waals surface area contributed by atoms with E-state index in [0.29, 0.717) is 23.3 Å². The largest absolute Gasteiger partial charge is 0.478 e. The molecule has 0 aliphatic heterocycles. The number of aromatic carboxylic acids is 1. The van der Waals surface area contributed by atoms with Gasteiger partial charge in [0.05, 0.1) is 16.7 Å². The molecule has 1 N–H and O–H groups in total. The van der Waals surface area contributed by atoms with Gasteiger partial charge in [0.15, 0.2) is 0 Å². The third-order valence-corrected chi connectivity index (χ3v) is 4.12. The number of benzene rings is 2. The smallest absolute Gasteiger partial charge is 0.416 e. The van der Waals surface area contributed by atoms with Gasteiger partial charge in [0.1, 0.15) is 0 Å². The van der Waals surface area contributed by atoms with Crippen molar-refractivity contribution in [2.24, 2.45) is 0 Å². The highest BCUT2D eigenvalue weighted by atomic mass is 35.5. The van der Waals surface area contributed by atoms with Gasteiger partial charge in [-0.05, 0) is 54.3 Å². The van der Waals surface area contributed by atoms with Gasteiger partial charge in [0.25, 0.3) is 0 Å². The molecule has 0 unspecified atom stereocenters. The topological polar surface area (TPSA) is 37.3 Å². The molecule has 28 heavy (non-hydrogen) atoms. The number of alkyl halides is 6. The average molecular weight is 423 g/mol. The normalized spacial score (nSPS) is 12.9. The minimum atomic E-state index is -4.91. The van der Waals surface area contributed by atoms with Crippen LogP contribution in [-0.2, 0) is 12.6 Å². The lowest BCUT2D eigenvalue weighted by Crippen LogP contribution is -2.13. The molecule has 0 amide bonds. The van der Waals surface area contributed by atoms with Crippen molar-refractivity contribution in [3.05, 3.63) is 75.3 Å².